The van der Waals surface area contributed by atoms with Gasteiger partial charge in [0.05, 0.1) is 6.04 Å². The average molecular weight is 515 g/mol. The molecule has 1 aliphatic carbocycles. The van der Waals surface area contributed by atoms with Gasteiger partial charge in [-0.25, -0.2) is 4.39 Å². The molecule has 1 saturated carbocycles. The number of hydrogen-bond donors (Lipinski definition) is 1. The lowest BCUT2D eigenvalue weighted by Gasteiger charge is -2.22. The van der Waals surface area contributed by atoms with Crippen LogP contribution in [0, 0.1) is 18.7 Å². The molecule has 1 aromatic heterocycles. The summed E-state index contributed by atoms with van der Waals surface area (Å²) in [6.07, 6.45) is 4.70. The number of rotatable bonds is 9. The largest absolute Gasteiger partial charge is 0.345 e. The molecule has 0 spiro atoms. The molecule has 4 aromatic rings. The van der Waals surface area contributed by atoms with E-state index >= 15 is 0 Å². The summed E-state index contributed by atoms with van der Waals surface area (Å²) >= 11 is 1.55. The number of amides is 1. The first-order valence-electron chi connectivity index (χ1n) is 12.8. The van der Waals surface area contributed by atoms with Crippen LogP contribution in [-0.2, 0) is 17.0 Å². The normalized spacial score (nSPS) is 14.5. The average Bonchev–Trinajstić information content (AvgIpc) is 3.60. The first-order chi connectivity index (χ1) is 18.1. The Morgan fingerprint density at radius 1 is 0.973 bits per heavy atom. The van der Waals surface area contributed by atoms with Crippen molar-refractivity contribution in [3.05, 3.63) is 107 Å². The van der Waals surface area contributed by atoms with Crippen LogP contribution in [0.5, 0.6) is 0 Å². The number of thioether (sulfide) groups is 1. The summed E-state index contributed by atoms with van der Waals surface area (Å²) in [5, 5.41) is 13.3. The molecule has 1 atom stereocenters. The fourth-order valence-corrected chi connectivity index (χ4v) is 5.71. The monoisotopic (exact) mass is 514 g/mol. The van der Waals surface area contributed by atoms with Crippen molar-refractivity contribution in [1.29, 1.82) is 0 Å². The van der Waals surface area contributed by atoms with Gasteiger partial charge in [0.15, 0.2) is 11.0 Å². The molecule has 5 nitrogen and oxygen atoms in total. The van der Waals surface area contributed by atoms with Crippen molar-refractivity contribution in [3.8, 4) is 5.69 Å². The van der Waals surface area contributed by atoms with Gasteiger partial charge < -0.3 is 5.32 Å². The van der Waals surface area contributed by atoms with Crippen LogP contribution in [0.4, 0.5) is 4.39 Å². The van der Waals surface area contributed by atoms with Crippen molar-refractivity contribution in [2.75, 3.05) is 0 Å². The second kappa shape index (κ2) is 11.7. The maximum atomic E-state index is 13.4. The van der Waals surface area contributed by atoms with Gasteiger partial charge in [-0.15, -0.1) is 10.2 Å². The van der Waals surface area contributed by atoms with Gasteiger partial charge in [-0.2, -0.15) is 0 Å². The minimum absolute atomic E-state index is 0.0568. The first-order valence-corrected chi connectivity index (χ1v) is 13.8. The van der Waals surface area contributed by atoms with E-state index in [1.54, 1.807) is 23.9 Å². The maximum absolute atomic E-state index is 13.4. The Kier molecular flexibility index (Phi) is 7.99. The second-order valence-electron chi connectivity index (χ2n) is 9.66. The number of hydrogen-bond acceptors (Lipinski definition) is 4. The minimum atomic E-state index is -0.329. The van der Waals surface area contributed by atoms with E-state index < -0.39 is 0 Å². The topological polar surface area (TPSA) is 59.8 Å². The number of nitrogens with zero attached hydrogens (tertiary/aromatic N) is 3. The lowest BCUT2D eigenvalue weighted by atomic mass is 10.0. The Balaban J connectivity index is 1.50. The molecule has 1 fully saturated rings. The van der Waals surface area contributed by atoms with E-state index in [1.165, 1.54) is 12.1 Å². The molecule has 3 aromatic carbocycles. The number of carbonyl (C=O) groups is 1. The Labute approximate surface area is 221 Å². The first kappa shape index (κ1) is 25.2. The zero-order valence-electron chi connectivity index (χ0n) is 20.9. The molecule has 0 bridgehead atoms. The summed E-state index contributed by atoms with van der Waals surface area (Å²) in [7, 11) is 0. The third kappa shape index (κ3) is 6.28. The lowest BCUT2D eigenvalue weighted by molar-refractivity contribution is -0.125. The molecule has 7 heteroatoms. The molecular formula is C30H31FN4OS. The number of nitrogens with one attached hydrogen (secondary N) is 1. The highest BCUT2D eigenvalue weighted by atomic mass is 32.2. The SMILES string of the molecule is Cc1ccc(-n2c(SCc3ccc(F)cc3)nnc2C(Cc2ccccc2)NC(=O)C2CCCC2)cc1. The van der Waals surface area contributed by atoms with Crippen molar-refractivity contribution < 1.29 is 9.18 Å². The fraction of sp³-hybridized carbons (Fsp3) is 0.300. The molecule has 190 valence electrons. The second-order valence-corrected chi connectivity index (χ2v) is 10.6. The number of benzene rings is 3. The Bertz CT molecular complexity index is 1320. The van der Waals surface area contributed by atoms with Crippen LogP contribution >= 0.6 is 11.8 Å². The summed E-state index contributed by atoms with van der Waals surface area (Å²) in [4.78, 5) is 13.3. The van der Waals surface area contributed by atoms with E-state index in [0.29, 0.717) is 18.0 Å². The van der Waals surface area contributed by atoms with Crippen molar-refractivity contribution in [3.63, 3.8) is 0 Å². The van der Waals surface area contributed by atoms with Gasteiger partial charge in [-0.05, 0) is 61.6 Å². The summed E-state index contributed by atoms with van der Waals surface area (Å²) in [5.74, 6) is 1.24. The van der Waals surface area contributed by atoms with Crippen LogP contribution in [0.3, 0.4) is 0 Å². The molecule has 0 aliphatic heterocycles. The van der Waals surface area contributed by atoms with Gasteiger partial charge in [-0.3, -0.25) is 9.36 Å². The molecule has 1 N–H and O–H groups in total. The van der Waals surface area contributed by atoms with Gasteiger partial charge in [0.25, 0.3) is 0 Å². The summed E-state index contributed by atoms with van der Waals surface area (Å²) in [6.45, 7) is 2.06. The van der Waals surface area contributed by atoms with Crippen molar-refractivity contribution in [2.45, 2.75) is 56.0 Å². The van der Waals surface area contributed by atoms with E-state index in [9.17, 15) is 9.18 Å². The minimum Gasteiger partial charge on any atom is -0.345 e. The van der Waals surface area contributed by atoms with Gasteiger partial charge in [-0.1, -0.05) is 84.8 Å². The molecular weight excluding hydrogens is 483 g/mol. The molecule has 1 unspecified atom stereocenters. The van der Waals surface area contributed by atoms with Crippen LogP contribution in [0.25, 0.3) is 5.69 Å². The van der Waals surface area contributed by atoms with Crippen molar-refractivity contribution >= 4 is 17.7 Å². The highest BCUT2D eigenvalue weighted by Crippen LogP contribution is 2.31. The summed E-state index contributed by atoms with van der Waals surface area (Å²) in [5.41, 5.74) is 4.23. The van der Waals surface area contributed by atoms with E-state index in [-0.39, 0.29) is 23.7 Å². The molecule has 5 rings (SSSR count). The van der Waals surface area contributed by atoms with E-state index in [4.69, 9.17) is 0 Å². The van der Waals surface area contributed by atoms with Gasteiger partial charge in [0.2, 0.25) is 5.91 Å². The lowest BCUT2D eigenvalue weighted by Crippen LogP contribution is -2.35. The molecule has 1 heterocycles. The van der Waals surface area contributed by atoms with Crippen molar-refractivity contribution in [2.24, 2.45) is 5.92 Å². The zero-order valence-corrected chi connectivity index (χ0v) is 21.8. The van der Waals surface area contributed by atoms with Crippen LogP contribution in [0.1, 0.15) is 54.2 Å². The number of aryl methyl sites for hydroxylation is 1. The van der Waals surface area contributed by atoms with Gasteiger partial charge in [0.1, 0.15) is 5.82 Å². The van der Waals surface area contributed by atoms with Gasteiger partial charge in [0, 0.05) is 17.4 Å². The Morgan fingerprint density at radius 2 is 1.68 bits per heavy atom. The molecule has 0 saturated heterocycles. The molecule has 0 radical (unpaired) electrons. The van der Waals surface area contributed by atoms with Gasteiger partial charge >= 0.3 is 0 Å². The predicted octanol–water partition coefficient (Wildman–Crippen LogP) is 6.60. The van der Waals surface area contributed by atoms with Crippen LogP contribution in [-0.4, -0.2) is 20.7 Å². The summed E-state index contributed by atoms with van der Waals surface area (Å²) in [6, 6.07) is 24.6. The van der Waals surface area contributed by atoms with E-state index in [0.717, 1.165) is 53.2 Å². The third-order valence-electron chi connectivity index (χ3n) is 6.87. The Morgan fingerprint density at radius 3 is 2.38 bits per heavy atom. The van der Waals surface area contributed by atoms with Crippen LogP contribution in [0.15, 0.2) is 84.0 Å². The molecule has 1 amide bonds. The number of carbonyl (C=O) groups excluding carboxylic acids is 1. The molecule has 37 heavy (non-hydrogen) atoms. The highest BCUT2D eigenvalue weighted by molar-refractivity contribution is 7.98. The summed E-state index contributed by atoms with van der Waals surface area (Å²) < 4.78 is 15.4. The fourth-order valence-electron chi connectivity index (χ4n) is 4.80. The number of aromatic nitrogens is 3. The smallest absolute Gasteiger partial charge is 0.223 e. The maximum Gasteiger partial charge on any atom is 0.223 e. The van der Waals surface area contributed by atoms with E-state index in [1.807, 2.05) is 18.2 Å². The highest BCUT2D eigenvalue weighted by Gasteiger charge is 2.29. The van der Waals surface area contributed by atoms with E-state index in [2.05, 4.69) is 63.4 Å². The zero-order chi connectivity index (χ0) is 25.6. The number of halogens is 1. The van der Waals surface area contributed by atoms with Crippen LogP contribution in [0.2, 0.25) is 0 Å². The van der Waals surface area contributed by atoms with Crippen molar-refractivity contribution in [1.82, 2.24) is 20.1 Å². The Hall–Kier alpha value is -3.45. The van der Waals surface area contributed by atoms with Crippen LogP contribution < -0.4 is 5.32 Å². The molecule has 1 aliphatic rings. The quantitative estimate of drug-likeness (QED) is 0.256. The third-order valence-corrected chi connectivity index (χ3v) is 7.87. The predicted molar refractivity (Wildman–Crippen MR) is 145 cm³/mol. The standard InChI is InChI=1S/C30H31FN4OS/c1-21-11-17-26(18-12-21)35-28(33-34-30(35)37-20-23-13-15-25(31)16-14-23)27(19-22-7-3-2-4-8-22)32-29(36)24-9-5-6-10-24/h2-4,7-8,11-18,24,27H,5-6,9-10,19-20H2,1H3,(H,32,36).